The van der Waals surface area contributed by atoms with Crippen LogP contribution in [0.5, 0.6) is 0 Å². The van der Waals surface area contributed by atoms with E-state index in [0.29, 0.717) is 6.42 Å². The fraction of sp³-hybridized carbons (Fsp3) is 0.588. The lowest BCUT2D eigenvalue weighted by Gasteiger charge is -2.22. The second kappa shape index (κ2) is 9.53. The summed E-state index contributed by atoms with van der Waals surface area (Å²) in [5.74, 6) is -0.393. The molecule has 0 atom stereocenters. The summed E-state index contributed by atoms with van der Waals surface area (Å²) >= 11 is 0. The van der Waals surface area contributed by atoms with Gasteiger partial charge in [-0.3, -0.25) is 4.89 Å². The van der Waals surface area contributed by atoms with Crippen LogP contribution >= 0.6 is 0 Å². The van der Waals surface area contributed by atoms with Gasteiger partial charge < -0.3 is 0 Å². The Morgan fingerprint density at radius 1 is 1.05 bits per heavy atom. The van der Waals surface area contributed by atoms with Crippen molar-refractivity contribution in [2.75, 3.05) is 0 Å². The van der Waals surface area contributed by atoms with Gasteiger partial charge in [-0.25, -0.2) is 4.79 Å². The molecule has 0 aliphatic carbocycles. The Bertz CT molecular complexity index is 401. The van der Waals surface area contributed by atoms with Gasteiger partial charge in [-0.05, 0) is 30.9 Å². The molecule has 0 aromatic heterocycles. The quantitative estimate of drug-likeness (QED) is 0.357. The van der Waals surface area contributed by atoms with E-state index >= 15 is 0 Å². The average Bonchev–Trinajstić information content (AvgIpc) is 2.48. The maximum atomic E-state index is 11.5. The van der Waals surface area contributed by atoms with Gasteiger partial charge in [-0.2, -0.15) is 4.89 Å². The molecular formula is C17H26O4. The van der Waals surface area contributed by atoms with E-state index in [1.165, 1.54) is 12.8 Å². The third-order valence-electron chi connectivity index (χ3n) is 3.32. The summed E-state index contributed by atoms with van der Waals surface area (Å²) < 4.78 is 0. The van der Waals surface area contributed by atoms with Gasteiger partial charge in [0.15, 0.2) is 0 Å². The van der Waals surface area contributed by atoms with Gasteiger partial charge in [-0.15, -0.1) is 0 Å². The largest absolute Gasteiger partial charge is 0.345 e. The Labute approximate surface area is 127 Å². The van der Waals surface area contributed by atoms with Crippen LogP contribution in [0.25, 0.3) is 0 Å². The highest BCUT2D eigenvalue weighted by atomic mass is 17.5. The van der Waals surface area contributed by atoms with Crippen molar-refractivity contribution in [1.29, 1.82) is 0 Å². The van der Waals surface area contributed by atoms with Crippen LogP contribution in [0.3, 0.4) is 0 Å². The number of carbonyl (C=O) groups excluding carboxylic acids is 1. The molecule has 4 heteroatoms. The Hall–Kier alpha value is -1.39. The predicted octanol–water partition coefficient (Wildman–Crippen LogP) is 4.69. The molecule has 0 heterocycles. The van der Waals surface area contributed by atoms with E-state index in [-0.39, 0.29) is 0 Å². The third-order valence-corrected chi connectivity index (χ3v) is 3.32. The van der Waals surface area contributed by atoms with Crippen LogP contribution in [0.15, 0.2) is 30.3 Å². The summed E-state index contributed by atoms with van der Waals surface area (Å²) in [5, 5.41) is 4.64. The third kappa shape index (κ3) is 7.25. The van der Waals surface area contributed by atoms with Crippen molar-refractivity contribution in [3.05, 3.63) is 35.9 Å². The summed E-state index contributed by atoms with van der Waals surface area (Å²) in [5.41, 5.74) is 0.267. The van der Waals surface area contributed by atoms with Crippen molar-refractivity contribution >= 4 is 5.97 Å². The first-order chi connectivity index (χ1) is 10.1. The van der Waals surface area contributed by atoms with E-state index in [9.17, 15) is 4.79 Å². The second-order valence-corrected chi connectivity index (χ2v) is 5.65. The molecule has 0 amide bonds. The van der Waals surface area contributed by atoms with Gasteiger partial charge in [-0.1, -0.05) is 62.9 Å². The summed E-state index contributed by atoms with van der Waals surface area (Å²) in [6.45, 7) is 5.86. The molecular weight excluding hydrogens is 268 g/mol. The van der Waals surface area contributed by atoms with Gasteiger partial charge in [0, 0.05) is 6.42 Å². The summed E-state index contributed by atoms with van der Waals surface area (Å²) in [6, 6.07) is 9.63. The summed E-state index contributed by atoms with van der Waals surface area (Å²) in [4.78, 5) is 21.3. The first kappa shape index (κ1) is 17.7. The van der Waals surface area contributed by atoms with Gasteiger partial charge >= 0.3 is 5.97 Å². The minimum Gasteiger partial charge on any atom is -0.269 e. The van der Waals surface area contributed by atoms with Crippen molar-refractivity contribution in [1.82, 2.24) is 0 Å². The molecule has 0 aliphatic heterocycles. The molecule has 0 unspecified atom stereocenters. The van der Waals surface area contributed by atoms with E-state index < -0.39 is 11.6 Å². The minimum atomic E-state index is -0.678. The zero-order valence-electron chi connectivity index (χ0n) is 13.3. The van der Waals surface area contributed by atoms with Crippen LogP contribution in [0.1, 0.15) is 64.9 Å². The molecule has 1 aromatic carbocycles. The van der Waals surface area contributed by atoms with Crippen LogP contribution < -0.4 is 0 Å². The fourth-order valence-corrected chi connectivity index (χ4v) is 1.94. The minimum absolute atomic E-state index is 0.360. The molecule has 0 N–H and O–H groups in total. The van der Waals surface area contributed by atoms with Crippen LogP contribution in [0.2, 0.25) is 0 Å². The van der Waals surface area contributed by atoms with Crippen LogP contribution in [0.4, 0.5) is 0 Å². The van der Waals surface area contributed by atoms with Crippen LogP contribution in [0, 0.1) is 0 Å². The zero-order chi connectivity index (χ0) is 15.6. The SMILES string of the molecule is CCCCCCCC(=O)OOOC(C)(C)c1ccccc1. The molecule has 0 fully saturated rings. The van der Waals surface area contributed by atoms with Crippen molar-refractivity contribution in [3.63, 3.8) is 0 Å². The average molecular weight is 294 g/mol. The summed E-state index contributed by atoms with van der Waals surface area (Å²) in [6.07, 6.45) is 5.78. The molecule has 118 valence electrons. The standard InChI is InChI=1S/C17H26O4/c1-4-5-6-7-11-14-16(18)19-21-20-17(2,3)15-12-9-8-10-13-15/h8-10,12-13H,4-7,11,14H2,1-3H3. The van der Waals surface area contributed by atoms with E-state index in [1.807, 2.05) is 44.2 Å². The Morgan fingerprint density at radius 3 is 2.38 bits per heavy atom. The molecule has 0 saturated carbocycles. The first-order valence-corrected chi connectivity index (χ1v) is 7.67. The van der Waals surface area contributed by atoms with Crippen LogP contribution in [-0.2, 0) is 25.2 Å². The van der Waals surface area contributed by atoms with Crippen molar-refractivity contribution in [2.24, 2.45) is 0 Å². The number of hydrogen-bond acceptors (Lipinski definition) is 4. The number of benzene rings is 1. The highest BCUT2D eigenvalue weighted by Gasteiger charge is 2.23. The number of carbonyl (C=O) groups is 1. The lowest BCUT2D eigenvalue weighted by molar-refractivity contribution is -0.520. The Balaban J connectivity index is 2.19. The fourth-order valence-electron chi connectivity index (χ4n) is 1.94. The first-order valence-electron chi connectivity index (χ1n) is 7.67. The smallest absolute Gasteiger partial charge is 0.269 e. The highest BCUT2D eigenvalue weighted by Crippen LogP contribution is 2.24. The van der Waals surface area contributed by atoms with E-state index in [0.717, 1.165) is 24.8 Å². The maximum Gasteiger partial charge on any atom is 0.345 e. The molecule has 0 aliphatic rings. The van der Waals surface area contributed by atoms with E-state index in [4.69, 9.17) is 4.89 Å². The van der Waals surface area contributed by atoms with Gasteiger partial charge in [0.05, 0.1) is 0 Å². The van der Waals surface area contributed by atoms with Gasteiger partial charge in [0.2, 0.25) is 0 Å². The number of unbranched alkanes of at least 4 members (excludes halogenated alkanes) is 4. The van der Waals surface area contributed by atoms with Crippen molar-refractivity contribution in [3.8, 4) is 0 Å². The normalized spacial score (nSPS) is 11.4. The predicted molar refractivity (Wildman–Crippen MR) is 81.1 cm³/mol. The topological polar surface area (TPSA) is 44.8 Å². The Morgan fingerprint density at radius 2 is 1.71 bits per heavy atom. The van der Waals surface area contributed by atoms with Crippen molar-refractivity contribution in [2.45, 2.75) is 64.9 Å². The van der Waals surface area contributed by atoms with E-state index in [1.54, 1.807) is 0 Å². The second-order valence-electron chi connectivity index (χ2n) is 5.65. The number of hydrogen-bond donors (Lipinski definition) is 0. The highest BCUT2D eigenvalue weighted by molar-refractivity contribution is 5.68. The van der Waals surface area contributed by atoms with Crippen LogP contribution in [-0.4, -0.2) is 5.97 Å². The monoisotopic (exact) mass is 294 g/mol. The molecule has 0 radical (unpaired) electrons. The molecule has 1 aromatic rings. The van der Waals surface area contributed by atoms with Gasteiger partial charge in [0.1, 0.15) is 5.60 Å². The molecule has 21 heavy (non-hydrogen) atoms. The lowest BCUT2D eigenvalue weighted by atomic mass is 9.99. The molecule has 0 bridgehead atoms. The lowest BCUT2D eigenvalue weighted by Crippen LogP contribution is -2.22. The zero-order valence-corrected chi connectivity index (χ0v) is 13.3. The molecule has 4 nitrogen and oxygen atoms in total. The van der Waals surface area contributed by atoms with E-state index in [2.05, 4.69) is 16.8 Å². The Kier molecular flexibility index (Phi) is 8.01. The number of rotatable bonds is 10. The van der Waals surface area contributed by atoms with Crippen molar-refractivity contribution < 1.29 is 19.6 Å². The molecule has 0 saturated heterocycles. The van der Waals surface area contributed by atoms with Gasteiger partial charge in [0.25, 0.3) is 0 Å². The molecule has 1 rings (SSSR count). The summed E-state index contributed by atoms with van der Waals surface area (Å²) in [7, 11) is 0. The molecule has 0 spiro atoms. The maximum absolute atomic E-state index is 11.5.